The molecule has 1 aliphatic rings. The highest BCUT2D eigenvalue weighted by molar-refractivity contribution is 5.86. The van der Waals surface area contributed by atoms with Crippen molar-refractivity contribution >= 4 is 16.7 Å². The van der Waals surface area contributed by atoms with E-state index in [0.29, 0.717) is 5.82 Å². The van der Waals surface area contributed by atoms with Gasteiger partial charge in [-0.15, -0.1) is 0 Å². The summed E-state index contributed by atoms with van der Waals surface area (Å²) >= 11 is 0. The van der Waals surface area contributed by atoms with Gasteiger partial charge in [0.15, 0.2) is 0 Å². The number of Topliss-reactive ketones (excluding diaryl/α,β-unsaturated/α-hetero) is 1. The summed E-state index contributed by atoms with van der Waals surface area (Å²) in [5, 5.41) is 14.8. The molecule has 0 amide bonds. The number of hydrogen-bond donors (Lipinski definition) is 1. The van der Waals surface area contributed by atoms with E-state index in [1.54, 1.807) is 17.1 Å². The fourth-order valence-corrected chi connectivity index (χ4v) is 3.84. The molecule has 0 radical (unpaired) electrons. The fourth-order valence-electron chi connectivity index (χ4n) is 3.84. The van der Waals surface area contributed by atoms with Crippen LogP contribution in [-0.2, 0) is 24.9 Å². The van der Waals surface area contributed by atoms with Crippen LogP contribution in [0.3, 0.4) is 0 Å². The van der Waals surface area contributed by atoms with Crippen LogP contribution in [0.2, 0.25) is 0 Å². The summed E-state index contributed by atoms with van der Waals surface area (Å²) < 4.78 is 1.67. The number of carbonyl (C=O) groups excluding carboxylic acids is 1. The molecule has 0 bridgehead atoms. The third-order valence-corrected chi connectivity index (χ3v) is 5.66. The maximum atomic E-state index is 12.6. The first-order valence-corrected chi connectivity index (χ1v) is 9.64. The van der Waals surface area contributed by atoms with Crippen molar-refractivity contribution in [3.05, 3.63) is 42.1 Å². The largest absolute Gasteiger partial charge is 0.390 e. The Bertz CT molecular complexity index is 1010. The number of rotatable bonds is 5. The fraction of sp³-hybridized carbons (Fsp3) is 0.429. The molecule has 0 unspecified atom stereocenters. The van der Waals surface area contributed by atoms with E-state index in [-0.39, 0.29) is 24.7 Å². The maximum Gasteiger partial charge on any atom is 0.143 e. The third-order valence-electron chi connectivity index (χ3n) is 5.66. The third kappa shape index (κ3) is 3.68. The predicted molar refractivity (Wildman–Crippen MR) is 107 cm³/mol. The Labute approximate surface area is 164 Å². The van der Waals surface area contributed by atoms with Crippen molar-refractivity contribution in [2.24, 2.45) is 13.0 Å². The molecule has 1 aromatic carbocycles. The average molecular weight is 379 g/mol. The monoisotopic (exact) mass is 379 g/mol. The van der Waals surface area contributed by atoms with Gasteiger partial charge in [0.2, 0.25) is 0 Å². The normalized spacial score (nSPS) is 16.0. The molecule has 3 aromatic rings. The number of ketones is 1. The number of piperidine rings is 1. The zero-order valence-electron chi connectivity index (χ0n) is 16.3. The molecule has 2 aromatic heterocycles. The number of benzene rings is 1. The number of aryl methyl sites for hydroxylation is 1. The Morgan fingerprint density at radius 2 is 2.00 bits per heavy atom. The molecule has 4 rings (SSSR count). The van der Waals surface area contributed by atoms with Gasteiger partial charge in [0.05, 0.1) is 30.4 Å². The summed E-state index contributed by atoms with van der Waals surface area (Å²) in [4.78, 5) is 23.9. The van der Waals surface area contributed by atoms with Gasteiger partial charge in [0, 0.05) is 30.1 Å². The predicted octanol–water partition coefficient (Wildman–Crippen LogP) is 1.98. The topological polar surface area (TPSA) is 84.1 Å². The van der Waals surface area contributed by atoms with E-state index in [0.717, 1.165) is 53.7 Å². The number of fused-ring (bicyclic) bond motifs is 1. The summed E-state index contributed by atoms with van der Waals surface area (Å²) in [5.74, 6) is 0.921. The van der Waals surface area contributed by atoms with E-state index in [1.165, 1.54) is 0 Å². The Balaban J connectivity index is 1.58. The molecule has 1 fully saturated rings. The Morgan fingerprint density at radius 3 is 2.75 bits per heavy atom. The van der Waals surface area contributed by atoms with Crippen LogP contribution in [0.25, 0.3) is 22.0 Å². The van der Waals surface area contributed by atoms with Crippen LogP contribution in [0.15, 0.2) is 30.6 Å². The lowest BCUT2D eigenvalue weighted by Crippen LogP contribution is -2.34. The molecule has 0 spiro atoms. The first-order chi connectivity index (χ1) is 13.5. The quantitative estimate of drug-likeness (QED) is 0.730. The van der Waals surface area contributed by atoms with E-state index < -0.39 is 0 Å². The first-order valence-electron chi connectivity index (χ1n) is 9.64. The number of nitrogens with zero attached hydrogens (tertiary/aromatic N) is 5. The molecule has 0 atom stereocenters. The highest BCUT2D eigenvalue weighted by Crippen LogP contribution is 2.26. The van der Waals surface area contributed by atoms with Crippen molar-refractivity contribution in [1.82, 2.24) is 24.6 Å². The number of aliphatic hydroxyl groups is 1. The molecular formula is C21H25N5O2. The second-order valence-electron chi connectivity index (χ2n) is 7.57. The van der Waals surface area contributed by atoms with Crippen molar-refractivity contribution in [3.8, 4) is 11.1 Å². The minimum Gasteiger partial charge on any atom is -0.390 e. The van der Waals surface area contributed by atoms with E-state index in [9.17, 15) is 9.90 Å². The minimum absolute atomic E-state index is 0.0794. The lowest BCUT2D eigenvalue weighted by molar-refractivity contribution is -0.123. The molecule has 0 saturated carbocycles. The number of hydrogen-bond acceptors (Lipinski definition) is 6. The van der Waals surface area contributed by atoms with E-state index >= 15 is 0 Å². The van der Waals surface area contributed by atoms with Crippen molar-refractivity contribution in [2.45, 2.75) is 25.9 Å². The lowest BCUT2D eigenvalue weighted by Gasteiger charge is -2.27. The van der Waals surface area contributed by atoms with Gasteiger partial charge in [-0.05, 0) is 44.6 Å². The van der Waals surface area contributed by atoms with Crippen molar-refractivity contribution in [1.29, 1.82) is 0 Å². The van der Waals surface area contributed by atoms with Crippen LogP contribution in [0.5, 0.6) is 0 Å². The molecule has 1 saturated heterocycles. The zero-order chi connectivity index (χ0) is 19.7. The summed E-state index contributed by atoms with van der Waals surface area (Å²) in [6.45, 7) is 1.86. The molecule has 7 nitrogen and oxygen atoms in total. The molecule has 3 heterocycles. The van der Waals surface area contributed by atoms with Crippen molar-refractivity contribution in [2.75, 3.05) is 20.1 Å². The van der Waals surface area contributed by atoms with Crippen LogP contribution in [0, 0.1) is 5.92 Å². The summed E-state index contributed by atoms with van der Waals surface area (Å²) in [6, 6.07) is 5.91. The highest BCUT2D eigenvalue weighted by Gasteiger charge is 2.24. The van der Waals surface area contributed by atoms with Crippen LogP contribution in [0.4, 0.5) is 0 Å². The zero-order valence-corrected chi connectivity index (χ0v) is 16.3. The highest BCUT2D eigenvalue weighted by atomic mass is 16.3. The number of likely N-dealkylation sites (tertiary alicyclic amines) is 1. The number of aliphatic hydroxyl groups excluding tert-OH is 1. The number of carbonyl (C=O) groups is 1. The molecule has 1 aliphatic heterocycles. The summed E-state index contributed by atoms with van der Waals surface area (Å²) in [7, 11) is 3.90. The first kappa shape index (κ1) is 18.7. The van der Waals surface area contributed by atoms with Crippen molar-refractivity contribution < 1.29 is 9.90 Å². The lowest BCUT2D eigenvalue weighted by atomic mass is 9.91. The van der Waals surface area contributed by atoms with Gasteiger partial charge < -0.3 is 10.0 Å². The smallest absolute Gasteiger partial charge is 0.143 e. The Morgan fingerprint density at radius 1 is 1.21 bits per heavy atom. The maximum absolute atomic E-state index is 12.6. The molecular weight excluding hydrogens is 354 g/mol. The molecule has 146 valence electrons. The van der Waals surface area contributed by atoms with Gasteiger partial charge in [-0.2, -0.15) is 5.10 Å². The molecule has 0 aliphatic carbocycles. The second-order valence-corrected chi connectivity index (χ2v) is 7.57. The van der Waals surface area contributed by atoms with Crippen molar-refractivity contribution in [3.63, 3.8) is 0 Å². The van der Waals surface area contributed by atoms with Crippen LogP contribution >= 0.6 is 0 Å². The summed E-state index contributed by atoms with van der Waals surface area (Å²) in [5.41, 5.74) is 3.38. The molecule has 28 heavy (non-hydrogen) atoms. The van der Waals surface area contributed by atoms with Crippen LogP contribution in [-0.4, -0.2) is 55.7 Å². The number of aromatic nitrogens is 4. The van der Waals surface area contributed by atoms with Gasteiger partial charge in [-0.25, -0.2) is 9.97 Å². The summed E-state index contributed by atoms with van der Waals surface area (Å²) in [6.07, 6.45) is 5.64. The standard InChI is InChI=1S/C21H25N5O2/c1-25-7-5-14(6-8-25)20(28)10-21-22-11-16-4-3-15(9-18(16)24-21)17-12-23-26(2)19(17)13-27/h3-4,9,11-12,14,27H,5-8,10,13H2,1-2H3. The van der Waals surface area contributed by atoms with E-state index in [4.69, 9.17) is 0 Å². The SMILES string of the molecule is CN1CCC(C(=O)Cc2ncc3ccc(-c4cnn(C)c4CO)cc3n2)CC1. The van der Waals surface area contributed by atoms with Gasteiger partial charge >= 0.3 is 0 Å². The van der Waals surface area contributed by atoms with E-state index in [1.807, 2.05) is 25.2 Å². The molecule has 7 heteroatoms. The van der Waals surface area contributed by atoms with Crippen LogP contribution in [0.1, 0.15) is 24.4 Å². The average Bonchev–Trinajstić information content (AvgIpc) is 3.08. The van der Waals surface area contributed by atoms with Crippen LogP contribution < -0.4 is 0 Å². The van der Waals surface area contributed by atoms with Gasteiger partial charge in [0.25, 0.3) is 0 Å². The Hall–Kier alpha value is -2.64. The Kier molecular flexibility index (Phi) is 5.19. The van der Waals surface area contributed by atoms with Gasteiger partial charge in [0.1, 0.15) is 11.6 Å². The molecule has 1 N–H and O–H groups in total. The minimum atomic E-state index is -0.0794. The van der Waals surface area contributed by atoms with E-state index in [2.05, 4.69) is 27.0 Å². The van der Waals surface area contributed by atoms with Gasteiger partial charge in [-0.3, -0.25) is 9.48 Å². The second kappa shape index (κ2) is 7.77. The van der Waals surface area contributed by atoms with Gasteiger partial charge in [-0.1, -0.05) is 12.1 Å².